The van der Waals surface area contributed by atoms with E-state index in [4.69, 9.17) is 0 Å². The number of nitrogens with one attached hydrogen (secondary N) is 2. The standard InChI is InChI=1S/C26H37N3O4S/c1-4-5-9-14-27-23(32)21-26-13-12-25(3,34-26)19(20(26)24(33)29(21)17(2)16-30)22(31)28-15-18-10-7-6-8-11-18/h6-8,10-11,17,19-21,30H,4-5,9,12-16H2,1-3H3,(H,27,32)(H,28,31)/t17-,19+,20+,21?,25-,26?/m1/s1. The number of hydrogen-bond acceptors (Lipinski definition) is 5. The molecule has 2 bridgehead atoms. The molecule has 0 saturated carbocycles. The van der Waals surface area contributed by atoms with Crippen LogP contribution in [0.3, 0.4) is 0 Å². The van der Waals surface area contributed by atoms with Gasteiger partial charge < -0.3 is 20.6 Å². The van der Waals surface area contributed by atoms with Gasteiger partial charge in [0.1, 0.15) is 6.04 Å². The summed E-state index contributed by atoms with van der Waals surface area (Å²) in [6.07, 6.45) is 4.49. The number of amides is 3. The molecule has 3 N–H and O–H groups in total. The first-order chi connectivity index (χ1) is 16.3. The van der Waals surface area contributed by atoms with E-state index >= 15 is 0 Å². The van der Waals surface area contributed by atoms with Crippen molar-refractivity contribution in [3.63, 3.8) is 0 Å². The van der Waals surface area contributed by atoms with Gasteiger partial charge in [0.15, 0.2) is 0 Å². The Morgan fingerprint density at radius 1 is 1.18 bits per heavy atom. The van der Waals surface area contributed by atoms with Crippen molar-refractivity contribution >= 4 is 29.5 Å². The lowest BCUT2D eigenvalue weighted by Crippen LogP contribution is -2.56. The molecule has 3 aliphatic rings. The van der Waals surface area contributed by atoms with E-state index in [2.05, 4.69) is 24.5 Å². The number of hydrogen-bond donors (Lipinski definition) is 3. The maximum atomic E-state index is 13.8. The molecule has 1 aromatic rings. The number of unbranched alkanes of at least 4 members (excludes halogenated alkanes) is 2. The highest BCUT2D eigenvalue weighted by molar-refractivity contribution is 8.02. The van der Waals surface area contributed by atoms with Gasteiger partial charge in [-0.05, 0) is 38.7 Å². The van der Waals surface area contributed by atoms with Crippen LogP contribution in [0.15, 0.2) is 30.3 Å². The molecule has 1 aromatic carbocycles. The predicted molar refractivity (Wildman–Crippen MR) is 133 cm³/mol. The number of fused-ring (bicyclic) bond motifs is 1. The monoisotopic (exact) mass is 487 g/mol. The first kappa shape index (κ1) is 25.0. The first-order valence-electron chi connectivity index (χ1n) is 12.5. The van der Waals surface area contributed by atoms with E-state index in [1.807, 2.05) is 30.3 Å². The molecule has 34 heavy (non-hydrogen) atoms. The highest BCUT2D eigenvalue weighted by Crippen LogP contribution is 2.71. The van der Waals surface area contributed by atoms with Gasteiger partial charge in [-0.1, -0.05) is 50.1 Å². The van der Waals surface area contributed by atoms with E-state index < -0.39 is 33.4 Å². The van der Waals surface area contributed by atoms with E-state index in [-0.39, 0.29) is 24.3 Å². The predicted octanol–water partition coefficient (Wildman–Crippen LogP) is 2.47. The summed E-state index contributed by atoms with van der Waals surface area (Å²) in [6, 6.07) is 8.57. The molecule has 0 aromatic heterocycles. The summed E-state index contributed by atoms with van der Waals surface area (Å²) in [7, 11) is 0. The van der Waals surface area contributed by atoms with Crippen LogP contribution in [0.2, 0.25) is 0 Å². The number of benzene rings is 1. The molecule has 1 spiro atoms. The van der Waals surface area contributed by atoms with Crippen LogP contribution in [0.4, 0.5) is 0 Å². The summed E-state index contributed by atoms with van der Waals surface area (Å²) < 4.78 is -1.03. The molecule has 0 aliphatic carbocycles. The molecule has 3 amide bonds. The van der Waals surface area contributed by atoms with Crippen LogP contribution in [0.1, 0.15) is 58.4 Å². The van der Waals surface area contributed by atoms with E-state index in [9.17, 15) is 19.5 Å². The number of carbonyl (C=O) groups is 3. The number of rotatable bonds is 10. The Labute approximate surface area is 206 Å². The van der Waals surface area contributed by atoms with Gasteiger partial charge in [-0.25, -0.2) is 0 Å². The molecule has 186 valence electrons. The maximum Gasteiger partial charge on any atom is 0.244 e. The van der Waals surface area contributed by atoms with Crippen LogP contribution < -0.4 is 10.6 Å². The van der Waals surface area contributed by atoms with Crippen molar-refractivity contribution in [1.29, 1.82) is 0 Å². The zero-order chi connectivity index (χ0) is 24.5. The Morgan fingerprint density at radius 2 is 1.91 bits per heavy atom. The molecule has 4 rings (SSSR count). The summed E-state index contributed by atoms with van der Waals surface area (Å²) in [6.45, 7) is 6.71. The second-order valence-electron chi connectivity index (χ2n) is 10.2. The minimum atomic E-state index is -0.674. The fraction of sp³-hybridized carbons (Fsp3) is 0.654. The van der Waals surface area contributed by atoms with Crippen molar-refractivity contribution in [3.05, 3.63) is 35.9 Å². The van der Waals surface area contributed by atoms with Crippen molar-refractivity contribution in [2.75, 3.05) is 13.2 Å². The van der Waals surface area contributed by atoms with Gasteiger partial charge in [-0.3, -0.25) is 14.4 Å². The Morgan fingerprint density at radius 3 is 2.59 bits per heavy atom. The second kappa shape index (κ2) is 9.90. The normalized spacial score (nSPS) is 32.5. The largest absolute Gasteiger partial charge is 0.394 e. The average Bonchev–Trinajstić information content (AvgIpc) is 3.41. The fourth-order valence-corrected chi connectivity index (χ4v) is 8.55. The summed E-state index contributed by atoms with van der Waals surface area (Å²) in [5.74, 6) is -1.53. The molecule has 3 heterocycles. The van der Waals surface area contributed by atoms with Gasteiger partial charge >= 0.3 is 0 Å². The second-order valence-corrected chi connectivity index (χ2v) is 12.1. The minimum absolute atomic E-state index is 0.126. The Bertz CT molecular complexity index is 928. The lowest BCUT2D eigenvalue weighted by molar-refractivity contribution is -0.143. The van der Waals surface area contributed by atoms with E-state index in [0.29, 0.717) is 19.5 Å². The van der Waals surface area contributed by atoms with Gasteiger partial charge in [0.25, 0.3) is 0 Å². The molecule has 0 radical (unpaired) electrons. The first-order valence-corrected chi connectivity index (χ1v) is 13.3. The topological polar surface area (TPSA) is 98.7 Å². The third-order valence-corrected chi connectivity index (χ3v) is 9.86. The fourth-order valence-electron chi connectivity index (χ4n) is 6.20. The van der Waals surface area contributed by atoms with E-state index in [0.717, 1.165) is 31.2 Å². The van der Waals surface area contributed by atoms with Crippen LogP contribution >= 0.6 is 11.8 Å². The van der Waals surface area contributed by atoms with Gasteiger partial charge in [0, 0.05) is 17.8 Å². The number of likely N-dealkylation sites (tertiary alicyclic amines) is 1. The van der Waals surface area contributed by atoms with Gasteiger partial charge in [0.05, 0.1) is 29.2 Å². The number of thioether (sulfide) groups is 1. The lowest BCUT2D eigenvalue weighted by Gasteiger charge is -2.36. The zero-order valence-electron chi connectivity index (χ0n) is 20.4. The molecule has 6 atom stereocenters. The molecule has 8 heteroatoms. The summed E-state index contributed by atoms with van der Waals surface area (Å²) in [5.41, 5.74) is 1.00. The van der Waals surface area contributed by atoms with Crippen LogP contribution in [0, 0.1) is 11.8 Å². The van der Waals surface area contributed by atoms with Crippen molar-refractivity contribution in [2.24, 2.45) is 11.8 Å². The van der Waals surface area contributed by atoms with Gasteiger partial charge in [-0.15, -0.1) is 11.8 Å². The highest BCUT2D eigenvalue weighted by atomic mass is 32.2. The molecule has 3 fully saturated rings. The summed E-state index contributed by atoms with van der Waals surface area (Å²) >= 11 is 1.66. The lowest BCUT2D eigenvalue weighted by atomic mass is 9.66. The van der Waals surface area contributed by atoms with Crippen LogP contribution in [-0.2, 0) is 20.9 Å². The number of nitrogens with zero attached hydrogens (tertiary/aromatic N) is 1. The van der Waals surface area contributed by atoms with Crippen LogP contribution in [0.5, 0.6) is 0 Å². The highest BCUT2D eigenvalue weighted by Gasteiger charge is 2.77. The third-order valence-electron chi connectivity index (χ3n) is 7.87. The molecule has 7 nitrogen and oxygen atoms in total. The van der Waals surface area contributed by atoms with Crippen LogP contribution in [0.25, 0.3) is 0 Å². The Balaban J connectivity index is 1.61. The molecule has 3 aliphatic heterocycles. The molecule has 3 saturated heterocycles. The number of carbonyl (C=O) groups excluding carboxylic acids is 3. The van der Waals surface area contributed by atoms with Crippen molar-refractivity contribution in [1.82, 2.24) is 15.5 Å². The third kappa shape index (κ3) is 4.13. The SMILES string of the molecule is CCCCCNC(=O)C1N([C@H](C)CO)C(=O)[C@@H]2[C@@H](C(=O)NCc3ccccc3)[C@@]3(C)CCC12S3. The van der Waals surface area contributed by atoms with Crippen molar-refractivity contribution < 1.29 is 19.5 Å². The number of aliphatic hydroxyl groups is 1. The smallest absolute Gasteiger partial charge is 0.244 e. The van der Waals surface area contributed by atoms with Crippen molar-refractivity contribution in [3.8, 4) is 0 Å². The van der Waals surface area contributed by atoms with E-state index in [1.165, 1.54) is 0 Å². The minimum Gasteiger partial charge on any atom is -0.394 e. The average molecular weight is 488 g/mol. The van der Waals surface area contributed by atoms with Crippen LogP contribution in [-0.4, -0.2) is 62.5 Å². The molecule has 2 unspecified atom stereocenters. The van der Waals surface area contributed by atoms with Gasteiger partial charge in [0.2, 0.25) is 17.7 Å². The van der Waals surface area contributed by atoms with Crippen molar-refractivity contribution in [2.45, 2.75) is 81.0 Å². The summed E-state index contributed by atoms with van der Waals surface area (Å²) in [5, 5.41) is 16.0. The zero-order valence-corrected chi connectivity index (χ0v) is 21.2. The molecular weight excluding hydrogens is 450 g/mol. The Kier molecular flexibility index (Phi) is 7.29. The van der Waals surface area contributed by atoms with Gasteiger partial charge in [-0.2, -0.15) is 0 Å². The molecular formula is C26H37N3O4S. The maximum absolute atomic E-state index is 13.8. The Hall–Kier alpha value is -2.06. The summed E-state index contributed by atoms with van der Waals surface area (Å²) in [4.78, 5) is 42.4. The van der Waals surface area contributed by atoms with E-state index in [1.54, 1.807) is 23.6 Å². The number of aliphatic hydroxyl groups excluding tert-OH is 1. The quantitative estimate of drug-likeness (QED) is 0.441.